The number of aliphatic carboxylic acids is 1. The molecule has 0 spiro atoms. The topological polar surface area (TPSA) is 49.7 Å². The molecule has 0 atom stereocenters. The number of hydrogen-bond donors (Lipinski definition) is 1. The van der Waals surface area contributed by atoms with E-state index in [1.165, 1.54) is 0 Å². The minimum atomic E-state index is -0.752. The van der Waals surface area contributed by atoms with Gasteiger partial charge in [0.2, 0.25) is 0 Å². The average molecular weight is 191 g/mol. The van der Waals surface area contributed by atoms with Gasteiger partial charge in [0.1, 0.15) is 0 Å². The first-order chi connectivity index (χ1) is 6.79. The lowest BCUT2D eigenvalue weighted by atomic mass is 10.2. The van der Waals surface area contributed by atoms with E-state index in [1.807, 2.05) is 30.3 Å². The molecule has 0 fully saturated rings. The van der Waals surface area contributed by atoms with Crippen molar-refractivity contribution in [2.75, 3.05) is 0 Å². The highest BCUT2D eigenvalue weighted by Gasteiger charge is 1.93. The lowest BCUT2D eigenvalue weighted by molar-refractivity contribution is -0.137. The number of rotatable bonds is 5. The largest absolute Gasteiger partial charge is 0.481 e. The summed E-state index contributed by atoms with van der Waals surface area (Å²) >= 11 is 0. The van der Waals surface area contributed by atoms with Gasteiger partial charge in [0.05, 0.1) is 5.69 Å². The minimum absolute atomic E-state index is 0.209. The number of para-hydroxylation sites is 1. The summed E-state index contributed by atoms with van der Waals surface area (Å²) in [6, 6.07) is 9.60. The Morgan fingerprint density at radius 2 is 2.07 bits per heavy atom. The first-order valence-corrected chi connectivity index (χ1v) is 4.58. The van der Waals surface area contributed by atoms with Gasteiger partial charge >= 0.3 is 5.97 Å². The van der Waals surface area contributed by atoms with Gasteiger partial charge in [0, 0.05) is 12.6 Å². The van der Waals surface area contributed by atoms with Crippen LogP contribution in [0.4, 0.5) is 5.69 Å². The van der Waals surface area contributed by atoms with Gasteiger partial charge in [-0.1, -0.05) is 18.2 Å². The van der Waals surface area contributed by atoms with Gasteiger partial charge in [-0.2, -0.15) is 0 Å². The van der Waals surface area contributed by atoms with Crippen LogP contribution in [0.2, 0.25) is 0 Å². The predicted molar refractivity (Wildman–Crippen MR) is 56.1 cm³/mol. The van der Waals surface area contributed by atoms with Crippen molar-refractivity contribution in [2.24, 2.45) is 4.99 Å². The van der Waals surface area contributed by atoms with Crippen molar-refractivity contribution < 1.29 is 9.90 Å². The number of nitrogens with zero attached hydrogens (tertiary/aromatic N) is 1. The van der Waals surface area contributed by atoms with E-state index in [0.717, 1.165) is 5.69 Å². The molecule has 3 nitrogen and oxygen atoms in total. The zero-order valence-corrected chi connectivity index (χ0v) is 7.89. The van der Waals surface area contributed by atoms with Crippen molar-refractivity contribution in [2.45, 2.75) is 19.3 Å². The van der Waals surface area contributed by atoms with E-state index >= 15 is 0 Å². The molecule has 74 valence electrons. The summed E-state index contributed by atoms with van der Waals surface area (Å²) in [5, 5.41) is 8.39. The van der Waals surface area contributed by atoms with Gasteiger partial charge in [-0.3, -0.25) is 9.79 Å². The lowest BCUT2D eigenvalue weighted by Crippen LogP contribution is -1.93. The van der Waals surface area contributed by atoms with Gasteiger partial charge in [-0.25, -0.2) is 0 Å². The molecular formula is C11H13NO2. The molecule has 1 aromatic rings. The Labute approximate surface area is 83.1 Å². The molecule has 0 aliphatic rings. The molecule has 3 heteroatoms. The van der Waals surface area contributed by atoms with Gasteiger partial charge in [0.15, 0.2) is 0 Å². The van der Waals surface area contributed by atoms with Crippen LogP contribution in [-0.2, 0) is 4.79 Å². The van der Waals surface area contributed by atoms with E-state index in [9.17, 15) is 4.79 Å². The lowest BCUT2D eigenvalue weighted by Gasteiger charge is -1.92. The van der Waals surface area contributed by atoms with Crippen molar-refractivity contribution in [1.82, 2.24) is 0 Å². The Hall–Kier alpha value is -1.64. The Kier molecular flexibility index (Phi) is 4.41. The molecule has 1 rings (SSSR count). The molecular weight excluding hydrogens is 178 g/mol. The van der Waals surface area contributed by atoms with Crippen LogP contribution in [0.1, 0.15) is 19.3 Å². The van der Waals surface area contributed by atoms with Crippen LogP contribution in [-0.4, -0.2) is 17.3 Å². The second-order valence-electron chi connectivity index (χ2n) is 2.93. The number of benzene rings is 1. The fourth-order valence-electron chi connectivity index (χ4n) is 1.03. The summed E-state index contributed by atoms with van der Waals surface area (Å²) in [4.78, 5) is 14.4. The van der Waals surface area contributed by atoms with Crippen LogP contribution in [0.15, 0.2) is 35.3 Å². The van der Waals surface area contributed by atoms with E-state index < -0.39 is 5.97 Å². The fraction of sp³-hybridized carbons (Fsp3) is 0.273. The molecule has 0 amide bonds. The highest BCUT2D eigenvalue weighted by atomic mass is 16.4. The Bertz CT molecular complexity index is 306. The maximum atomic E-state index is 10.2. The summed E-state index contributed by atoms with van der Waals surface area (Å²) in [5.74, 6) is -0.752. The number of unbranched alkanes of at least 4 members (excludes halogenated alkanes) is 1. The van der Waals surface area contributed by atoms with E-state index in [2.05, 4.69) is 4.99 Å². The maximum Gasteiger partial charge on any atom is 0.303 e. The first-order valence-electron chi connectivity index (χ1n) is 4.58. The highest BCUT2D eigenvalue weighted by molar-refractivity contribution is 5.68. The zero-order valence-electron chi connectivity index (χ0n) is 7.89. The van der Waals surface area contributed by atoms with Crippen LogP contribution in [0.3, 0.4) is 0 Å². The normalized spacial score (nSPS) is 10.6. The van der Waals surface area contributed by atoms with Crippen molar-refractivity contribution in [3.05, 3.63) is 30.3 Å². The molecule has 0 heterocycles. The molecule has 14 heavy (non-hydrogen) atoms. The van der Waals surface area contributed by atoms with E-state index in [4.69, 9.17) is 5.11 Å². The van der Waals surface area contributed by atoms with Crippen LogP contribution in [0, 0.1) is 0 Å². The van der Waals surface area contributed by atoms with Crippen molar-refractivity contribution in [3.8, 4) is 0 Å². The summed E-state index contributed by atoms with van der Waals surface area (Å²) in [6.45, 7) is 0. The van der Waals surface area contributed by atoms with Crippen LogP contribution < -0.4 is 0 Å². The summed E-state index contributed by atoms with van der Waals surface area (Å²) < 4.78 is 0. The SMILES string of the molecule is O=C(O)CCCC=Nc1ccccc1. The number of aliphatic imine (C=N–C) groups is 1. The monoisotopic (exact) mass is 191 g/mol. The molecule has 1 N–H and O–H groups in total. The van der Waals surface area contributed by atoms with Crippen molar-refractivity contribution >= 4 is 17.9 Å². The summed E-state index contributed by atoms with van der Waals surface area (Å²) in [6.07, 6.45) is 3.33. The van der Waals surface area contributed by atoms with Crippen molar-refractivity contribution in [1.29, 1.82) is 0 Å². The smallest absolute Gasteiger partial charge is 0.303 e. The number of hydrogen-bond acceptors (Lipinski definition) is 2. The van der Waals surface area contributed by atoms with Gasteiger partial charge in [0.25, 0.3) is 0 Å². The number of carbonyl (C=O) groups is 1. The summed E-state index contributed by atoms with van der Waals surface area (Å²) in [5.41, 5.74) is 0.905. The maximum absolute atomic E-state index is 10.2. The number of carboxylic acids is 1. The van der Waals surface area contributed by atoms with E-state index in [0.29, 0.717) is 12.8 Å². The number of carboxylic acid groups (broad SMARTS) is 1. The third kappa shape index (κ3) is 4.40. The van der Waals surface area contributed by atoms with Gasteiger partial charge in [-0.05, 0) is 25.0 Å². The molecule has 0 bridgehead atoms. The van der Waals surface area contributed by atoms with Gasteiger partial charge < -0.3 is 5.11 Å². The first kappa shape index (κ1) is 10.4. The third-order valence-corrected chi connectivity index (χ3v) is 1.72. The van der Waals surface area contributed by atoms with E-state index in [-0.39, 0.29) is 6.42 Å². The molecule has 0 radical (unpaired) electrons. The van der Waals surface area contributed by atoms with Crippen LogP contribution in [0.25, 0.3) is 0 Å². The summed E-state index contributed by atoms with van der Waals surface area (Å²) in [7, 11) is 0. The minimum Gasteiger partial charge on any atom is -0.481 e. The van der Waals surface area contributed by atoms with Gasteiger partial charge in [-0.15, -0.1) is 0 Å². The molecule has 0 aromatic heterocycles. The average Bonchev–Trinajstić information content (AvgIpc) is 2.18. The Morgan fingerprint density at radius 3 is 2.71 bits per heavy atom. The van der Waals surface area contributed by atoms with Crippen LogP contribution in [0.5, 0.6) is 0 Å². The molecule has 0 saturated heterocycles. The Balaban J connectivity index is 2.25. The van der Waals surface area contributed by atoms with Crippen LogP contribution >= 0.6 is 0 Å². The molecule has 0 aliphatic heterocycles. The van der Waals surface area contributed by atoms with E-state index in [1.54, 1.807) is 6.21 Å². The zero-order chi connectivity index (χ0) is 10.2. The quantitative estimate of drug-likeness (QED) is 0.574. The fourth-order valence-corrected chi connectivity index (χ4v) is 1.03. The Morgan fingerprint density at radius 1 is 1.36 bits per heavy atom. The molecule has 1 aromatic carbocycles. The standard InChI is InChI=1S/C11H13NO2/c13-11(14)8-4-5-9-12-10-6-2-1-3-7-10/h1-3,6-7,9H,4-5,8H2,(H,13,14). The third-order valence-electron chi connectivity index (χ3n) is 1.72. The molecule has 0 unspecified atom stereocenters. The molecule has 0 aliphatic carbocycles. The highest BCUT2D eigenvalue weighted by Crippen LogP contribution is 2.08. The molecule has 0 saturated carbocycles. The second kappa shape index (κ2) is 5.91. The van der Waals surface area contributed by atoms with Crippen molar-refractivity contribution in [3.63, 3.8) is 0 Å². The second-order valence-corrected chi connectivity index (χ2v) is 2.93. The predicted octanol–water partition coefficient (Wildman–Crippen LogP) is 2.64.